The van der Waals surface area contributed by atoms with Crippen molar-refractivity contribution < 1.29 is 79.8 Å². The summed E-state index contributed by atoms with van der Waals surface area (Å²) in [5.41, 5.74) is -1.43. The van der Waals surface area contributed by atoms with Crippen LogP contribution in [0.1, 0.15) is 149 Å². The average molecular weight is 1360 g/mol. The Morgan fingerprint density at radius 2 is 1.34 bits per heavy atom. The van der Waals surface area contributed by atoms with Crippen molar-refractivity contribution in [1.29, 1.82) is 0 Å². The van der Waals surface area contributed by atoms with Crippen molar-refractivity contribution in [3.05, 3.63) is 35.1 Å². The van der Waals surface area contributed by atoms with Crippen molar-refractivity contribution in [2.75, 3.05) is 95.8 Å². The first-order valence-corrected chi connectivity index (χ1v) is 33.8. The molecular weight excluding hydrogens is 1260 g/mol. The van der Waals surface area contributed by atoms with Crippen LogP contribution in [0.25, 0.3) is 0 Å². The van der Waals surface area contributed by atoms with Crippen LogP contribution in [0.15, 0.2) is 18.2 Å². The molecule has 10 atom stereocenters. The zero-order valence-electron chi connectivity index (χ0n) is 58.6. The number of nitrogens with zero attached hydrogens (tertiary/aromatic N) is 9. The van der Waals surface area contributed by atoms with E-state index in [0.717, 1.165) is 28.7 Å². The summed E-state index contributed by atoms with van der Waals surface area (Å²) in [6, 6.07) is -8.68. The van der Waals surface area contributed by atoms with Crippen LogP contribution in [0.4, 0.5) is 17.6 Å². The highest BCUT2D eigenvalue weighted by Gasteiger charge is 2.47. The monoisotopic (exact) mass is 1360 g/mol. The first-order chi connectivity index (χ1) is 45.1. The Balaban J connectivity index is 1.52. The quantitative estimate of drug-likeness (QED) is 0.189. The summed E-state index contributed by atoms with van der Waals surface area (Å²) < 4.78 is 61.3. The van der Waals surface area contributed by atoms with E-state index < -0.39 is 162 Å². The summed E-state index contributed by atoms with van der Waals surface area (Å²) in [7, 11) is 11.3. The van der Waals surface area contributed by atoms with Gasteiger partial charge in [0.1, 0.15) is 60.2 Å². The van der Waals surface area contributed by atoms with E-state index in [4.69, 9.17) is 4.74 Å². The molecule has 1 aromatic rings. The molecule has 0 spiro atoms. The molecule has 1 saturated carbocycles. The predicted octanol–water partition coefficient (Wildman–Crippen LogP) is 3.44. The third-order valence-electron chi connectivity index (χ3n) is 19.5. The number of benzene rings is 1. The fourth-order valence-corrected chi connectivity index (χ4v) is 13.0. The van der Waals surface area contributed by atoms with Crippen LogP contribution in [0, 0.1) is 23.6 Å². The van der Waals surface area contributed by atoms with Gasteiger partial charge in [0.05, 0.1) is 25.1 Å². The van der Waals surface area contributed by atoms with Crippen LogP contribution >= 0.6 is 0 Å². The molecule has 0 aromatic heterocycles. The highest BCUT2D eigenvalue weighted by Crippen LogP contribution is 2.34. The number of ether oxygens (including phenoxy) is 1. The van der Waals surface area contributed by atoms with Gasteiger partial charge in [-0.2, -0.15) is 13.2 Å². The van der Waals surface area contributed by atoms with Crippen molar-refractivity contribution in [2.24, 2.45) is 17.8 Å². The van der Waals surface area contributed by atoms with E-state index in [0.29, 0.717) is 44.2 Å². The first kappa shape index (κ1) is 79.2. The van der Waals surface area contributed by atoms with Gasteiger partial charge >= 0.3 is 6.18 Å². The Morgan fingerprint density at radius 1 is 0.688 bits per heavy atom. The summed E-state index contributed by atoms with van der Waals surface area (Å²) in [5.74, 6) is -10.3. The molecule has 538 valence electrons. The zero-order chi connectivity index (χ0) is 71.8. The molecule has 3 saturated heterocycles. The standard InChI is InChI=1S/C67H104F4N12O13/c1-15-34-96-39-52-63(92)76(9)38-53(84)73-47(29-27-43-26-28-45(46(68)36-43)67(69,70)71)61(90)82-32-21-24-48(82)58(87)72-31-20-19-25-54(85)81(14)57(44-22-17-18-23-44)66(95)79(12)51(62(91)75(7)8)37-55(86)78(11)50(35-40(3)4)59(88)74-56(41(5)16-2)65(94)77(10)42(6)60(89)83-33-30-49(83)64(93)80(52)13/h26,28,36,40-42,44,47-52,56-57H,15-25,27,29-35,37-39H2,1-14H3,(H,72,87)(H,73,84)(H,74,88)/t41-,42-,47-,48?,49-,50-,51-,52-,56?,57-/m0/s1. The maximum atomic E-state index is 15.0. The molecule has 12 amide bonds. The Morgan fingerprint density at radius 3 is 1.93 bits per heavy atom. The van der Waals surface area contributed by atoms with E-state index in [-0.39, 0.29) is 102 Å². The average Bonchev–Trinajstić information content (AvgIpc) is 0.949. The molecule has 29 heteroatoms. The SMILES string of the molecule is CCCOC[C@H]1C(=O)N(C)CC(=O)N[C@@H](CCc2ccc(C(F)(F)F)c(F)c2)C(=O)N2CCCC2C(=O)NCCCCC(=O)N(C)[C@@H](C2CCCC2)C(=O)N(C)[C@H](C(=O)N(C)C)CC(=O)N(C)[C@@H](CC(C)C)C(=O)NC([C@@H](C)CC)C(=O)N(C)[C@@H](C)C(=O)N2CC[C@H]2C(=O)N1C. The van der Waals surface area contributed by atoms with E-state index >= 15 is 0 Å². The van der Waals surface area contributed by atoms with Gasteiger partial charge in [-0.1, -0.05) is 59.9 Å². The van der Waals surface area contributed by atoms with Crippen LogP contribution in [0.5, 0.6) is 0 Å². The number of hydrogen-bond donors (Lipinski definition) is 3. The summed E-state index contributed by atoms with van der Waals surface area (Å²) in [6.45, 7) is 9.94. The lowest BCUT2D eigenvalue weighted by Gasteiger charge is -2.45. The second-order valence-electron chi connectivity index (χ2n) is 27.0. The molecule has 0 bridgehead atoms. The number of aryl methyl sites for hydroxylation is 1. The summed E-state index contributed by atoms with van der Waals surface area (Å²) in [6.07, 6.45) is -0.961. The van der Waals surface area contributed by atoms with Gasteiger partial charge in [-0.3, -0.25) is 57.5 Å². The molecule has 3 N–H and O–H groups in total. The molecule has 96 heavy (non-hydrogen) atoms. The van der Waals surface area contributed by atoms with Gasteiger partial charge in [0.2, 0.25) is 70.9 Å². The van der Waals surface area contributed by atoms with Crippen molar-refractivity contribution in [3.8, 4) is 0 Å². The maximum absolute atomic E-state index is 15.0. The van der Waals surface area contributed by atoms with Crippen molar-refractivity contribution in [2.45, 2.75) is 205 Å². The number of rotatable bonds is 13. The normalized spacial score (nSPS) is 26.4. The van der Waals surface area contributed by atoms with Gasteiger partial charge in [0, 0.05) is 89.0 Å². The third kappa shape index (κ3) is 20.1. The molecule has 25 nitrogen and oxygen atoms in total. The van der Waals surface area contributed by atoms with E-state index in [1.807, 2.05) is 27.7 Å². The van der Waals surface area contributed by atoms with Gasteiger partial charge in [0.15, 0.2) is 0 Å². The van der Waals surface area contributed by atoms with E-state index in [9.17, 15) is 75.1 Å². The van der Waals surface area contributed by atoms with Crippen LogP contribution < -0.4 is 16.0 Å². The van der Waals surface area contributed by atoms with Gasteiger partial charge in [0.25, 0.3) is 0 Å². The number of likely N-dealkylation sites (N-methyl/N-ethyl adjacent to an activating group) is 7. The number of nitrogens with one attached hydrogen (secondary N) is 3. The molecule has 5 rings (SSSR count). The minimum absolute atomic E-state index is 0.0492. The van der Waals surface area contributed by atoms with Gasteiger partial charge < -0.3 is 64.8 Å². The molecular formula is C67H104F4N12O13. The fourth-order valence-electron chi connectivity index (χ4n) is 13.0. The first-order valence-electron chi connectivity index (χ1n) is 33.8. The fraction of sp³-hybridized carbons (Fsp3) is 0.731. The number of alkyl halides is 3. The third-order valence-corrected chi connectivity index (χ3v) is 19.5. The molecule has 3 aliphatic heterocycles. The molecule has 3 heterocycles. The highest BCUT2D eigenvalue weighted by atomic mass is 19.4. The van der Waals surface area contributed by atoms with Crippen LogP contribution in [-0.4, -0.2) is 265 Å². The van der Waals surface area contributed by atoms with Gasteiger partial charge in [-0.25, -0.2) is 4.39 Å². The predicted molar refractivity (Wildman–Crippen MR) is 347 cm³/mol. The minimum atomic E-state index is -4.99. The lowest BCUT2D eigenvalue weighted by Crippen LogP contribution is -2.65. The van der Waals surface area contributed by atoms with E-state index in [1.54, 1.807) is 6.92 Å². The molecule has 4 aliphatic rings. The topological polar surface area (TPSA) is 279 Å². The lowest BCUT2D eigenvalue weighted by atomic mass is 9.94. The van der Waals surface area contributed by atoms with Gasteiger partial charge in [-0.15, -0.1) is 0 Å². The Hall–Kier alpha value is -7.46. The molecule has 0 radical (unpaired) electrons. The number of amides is 12. The number of carbonyl (C=O) groups is 12. The van der Waals surface area contributed by atoms with Crippen LogP contribution in [0.2, 0.25) is 0 Å². The van der Waals surface area contributed by atoms with E-state index in [2.05, 4.69) is 16.0 Å². The minimum Gasteiger partial charge on any atom is -0.379 e. The maximum Gasteiger partial charge on any atom is 0.419 e. The second-order valence-corrected chi connectivity index (χ2v) is 27.0. The molecule has 4 fully saturated rings. The zero-order valence-corrected chi connectivity index (χ0v) is 58.6. The number of fused-ring (bicyclic) bond motifs is 2. The molecule has 1 aromatic carbocycles. The lowest BCUT2D eigenvalue weighted by molar-refractivity contribution is -0.161. The van der Waals surface area contributed by atoms with Crippen molar-refractivity contribution in [1.82, 2.24) is 60.0 Å². The Bertz CT molecular complexity index is 2950. The summed E-state index contributed by atoms with van der Waals surface area (Å²) >= 11 is 0. The number of halogens is 4. The van der Waals surface area contributed by atoms with E-state index in [1.165, 1.54) is 97.6 Å². The molecule has 1 aliphatic carbocycles. The summed E-state index contributed by atoms with van der Waals surface area (Å²) in [4.78, 5) is 185. The number of hydrogen-bond acceptors (Lipinski definition) is 13. The smallest absolute Gasteiger partial charge is 0.379 e. The number of carbonyl (C=O) groups excluding carboxylic acids is 12. The molecule has 2 unspecified atom stereocenters. The summed E-state index contributed by atoms with van der Waals surface area (Å²) in [5, 5.41) is 8.36. The Kier molecular flexibility index (Phi) is 29.5. The Labute approximate surface area is 562 Å². The highest BCUT2D eigenvalue weighted by molar-refractivity contribution is 5.99. The largest absolute Gasteiger partial charge is 0.419 e. The van der Waals surface area contributed by atoms with Crippen LogP contribution in [0.3, 0.4) is 0 Å². The van der Waals surface area contributed by atoms with Crippen molar-refractivity contribution in [3.63, 3.8) is 0 Å². The van der Waals surface area contributed by atoms with Gasteiger partial charge in [-0.05, 0) is 113 Å². The van der Waals surface area contributed by atoms with Crippen LogP contribution in [-0.2, 0) is 74.9 Å². The second kappa shape index (κ2) is 35.7. The van der Waals surface area contributed by atoms with Crippen molar-refractivity contribution >= 4 is 70.9 Å².